The summed E-state index contributed by atoms with van der Waals surface area (Å²) in [5, 5.41) is 0. The predicted molar refractivity (Wildman–Crippen MR) is 80.8 cm³/mol. The lowest BCUT2D eigenvalue weighted by atomic mass is 10.0. The second kappa shape index (κ2) is 5.00. The highest BCUT2D eigenvalue weighted by molar-refractivity contribution is 5.80. The Morgan fingerprint density at radius 1 is 1.05 bits per heavy atom. The molecule has 102 valence electrons. The summed E-state index contributed by atoms with van der Waals surface area (Å²) in [6.07, 6.45) is 2.14. The molecule has 20 heavy (non-hydrogen) atoms. The number of ether oxygens (including phenoxy) is 1. The zero-order valence-electron chi connectivity index (χ0n) is 12.1. The highest BCUT2D eigenvalue weighted by Gasteiger charge is 2.12. The number of imidazole rings is 1. The summed E-state index contributed by atoms with van der Waals surface area (Å²) in [6.45, 7) is 3.15. The normalized spacial score (nSPS) is 10.9. The molecular formula is C17H19N2O+. The summed E-state index contributed by atoms with van der Waals surface area (Å²) >= 11 is 0. The lowest BCUT2D eigenvalue weighted by Gasteiger charge is -2.03. The first-order valence-corrected chi connectivity index (χ1v) is 6.86. The van der Waals surface area contributed by atoms with Crippen molar-refractivity contribution >= 4 is 11.0 Å². The molecular weight excluding hydrogens is 248 g/mol. The van der Waals surface area contributed by atoms with Gasteiger partial charge in [0.15, 0.2) is 11.0 Å². The van der Waals surface area contributed by atoms with Gasteiger partial charge in [-0.15, -0.1) is 0 Å². The van der Waals surface area contributed by atoms with Gasteiger partial charge in [0.1, 0.15) is 5.75 Å². The molecule has 3 heteroatoms. The van der Waals surface area contributed by atoms with Crippen molar-refractivity contribution in [2.24, 2.45) is 7.05 Å². The van der Waals surface area contributed by atoms with Crippen molar-refractivity contribution < 1.29 is 9.30 Å². The number of nitrogens with zero attached hydrogens (tertiary/aromatic N) is 2. The van der Waals surface area contributed by atoms with Crippen molar-refractivity contribution in [2.75, 3.05) is 7.11 Å². The Kier molecular flexibility index (Phi) is 3.18. The molecule has 1 aromatic heterocycles. The molecule has 0 amide bonds. The van der Waals surface area contributed by atoms with Gasteiger partial charge in [-0.2, -0.15) is 0 Å². The van der Waals surface area contributed by atoms with E-state index in [-0.39, 0.29) is 0 Å². The van der Waals surface area contributed by atoms with Gasteiger partial charge in [-0.3, -0.25) is 0 Å². The minimum atomic E-state index is 0.887. The molecule has 3 rings (SSSR count). The third-order valence-corrected chi connectivity index (χ3v) is 3.74. The Morgan fingerprint density at radius 2 is 1.75 bits per heavy atom. The summed E-state index contributed by atoms with van der Waals surface area (Å²) in [7, 11) is 3.78. The third kappa shape index (κ3) is 2.05. The van der Waals surface area contributed by atoms with Crippen LogP contribution >= 0.6 is 0 Å². The van der Waals surface area contributed by atoms with E-state index in [2.05, 4.69) is 59.8 Å². The van der Waals surface area contributed by atoms with Crippen LogP contribution in [0.5, 0.6) is 5.75 Å². The van der Waals surface area contributed by atoms with E-state index >= 15 is 0 Å². The largest absolute Gasteiger partial charge is 0.497 e. The fourth-order valence-electron chi connectivity index (χ4n) is 2.60. The first kappa shape index (κ1) is 12.7. The van der Waals surface area contributed by atoms with Crippen LogP contribution in [0.4, 0.5) is 0 Å². The van der Waals surface area contributed by atoms with Crippen molar-refractivity contribution in [1.82, 2.24) is 4.57 Å². The minimum absolute atomic E-state index is 0.887. The van der Waals surface area contributed by atoms with E-state index in [1.165, 1.54) is 22.2 Å². The van der Waals surface area contributed by atoms with Crippen molar-refractivity contribution in [2.45, 2.75) is 13.5 Å². The third-order valence-electron chi connectivity index (χ3n) is 3.74. The molecule has 3 nitrogen and oxygen atoms in total. The molecule has 0 aliphatic heterocycles. The van der Waals surface area contributed by atoms with Crippen molar-refractivity contribution in [3.8, 4) is 16.9 Å². The van der Waals surface area contributed by atoms with E-state index in [1.54, 1.807) is 7.11 Å². The monoisotopic (exact) mass is 267 g/mol. The number of fused-ring (bicyclic) bond motifs is 1. The SMILES string of the molecule is CC[n+]1cn(C)c2cc(-c3ccc(OC)cc3)ccc21. The van der Waals surface area contributed by atoms with E-state index in [1.807, 2.05) is 12.1 Å². The number of hydrogen-bond donors (Lipinski definition) is 0. The van der Waals surface area contributed by atoms with Gasteiger partial charge in [0, 0.05) is 0 Å². The van der Waals surface area contributed by atoms with Gasteiger partial charge in [0.25, 0.3) is 0 Å². The fraction of sp³-hybridized carbons (Fsp3) is 0.235. The number of methoxy groups -OCH3 is 1. The average molecular weight is 267 g/mol. The highest BCUT2D eigenvalue weighted by Crippen LogP contribution is 2.25. The number of hydrogen-bond acceptors (Lipinski definition) is 1. The summed E-state index contributed by atoms with van der Waals surface area (Å²) in [6, 6.07) is 14.8. The van der Waals surface area contributed by atoms with Crippen LogP contribution in [0.2, 0.25) is 0 Å². The zero-order chi connectivity index (χ0) is 14.1. The lowest BCUT2D eigenvalue weighted by Crippen LogP contribution is -2.30. The first-order valence-electron chi connectivity index (χ1n) is 6.86. The zero-order valence-corrected chi connectivity index (χ0v) is 12.1. The molecule has 0 saturated heterocycles. The second-order valence-electron chi connectivity index (χ2n) is 4.94. The molecule has 0 bridgehead atoms. The predicted octanol–water partition coefficient (Wildman–Crippen LogP) is 3.16. The standard InChI is InChI=1S/C17H19N2O/c1-4-19-12-18(2)17-11-14(7-10-16(17)19)13-5-8-15(20-3)9-6-13/h5-12H,4H2,1-3H3/q+1. The Balaban J connectivity index is 2.10. The fourth-order valence-corrected chi connectivity index (χ4v) is 2.60. The van der Waals surface area contributed by atoms with Crippen molar-refractivity contribution in [3.63, 3.8) is 0 Å². The molecule has 0 unspecified atom stereocenters. The first-order chi connectivity index (χ1) is 9.72. The highest BCUT2D eigenvalue weighted by atomic mass is 16.5. The van der Waals surface area contributed by atoms with Crippen molar-refractivity contribution in [3.05, 3.63) is 48.8 Å². The molecule has 0 atom stereocenters. The van der Waals surface area contributed by atoms with Gasteiger partial charge in [0.2, 0.25) is 6.33 Å². The average Bonchev–Trinajstić information content (AvgIpc) is 2.83. The molecule has 3 aromatic rings. The van der Waals surface area contributed by atoms with E-state index < -0.39 is 0 Å². The van der Waals surface area contributed by atoms with E-state index in [0.29, 0.717) is 0 Å². The van der Waals surface area contributed by atoms with Gasteiger partial charge >= 0.3 is 0 Å². The van der Waals surface area contributed by atoms with Crippen molar-refractivity contribution in [1.29, 1.82) is 0 Å². The molecule has 0 radical (unpaired) electrons. The quantitative estimate of drug-likeness (QED) is 0.667. The van der Waals surface area contributed by atoms with E-state index in [4.69, 9.17) is 4.74 Å². The number of aromatic nitrogens is 2. The van der Waals surface area contributed by atoms with Crippen LogP contribution in [0.3, 0.4) is 0 Å². The molecule has 0 aliphatic rings. The van der Waals surface area contributed by atoms with Crippen LogP contribution in [0.25, 0.3) is 22.2 Å². The summed E-state index contributed by atoms with van der Waals surface area (Å²) in [5.74, 6) is 0.887. The summed E-state index contributed by atoms with van der Waals surface area (Å²) in [4.78, 5) is 0. The number of rotatable bonds is 3. The maximum absolute atomic E-state index is 5.20. The number of benzene rings is 2. The lowest BCUT2D eigenvalue weighted by molar-refractivity contribution is -0.668. The minimum Gasteiger partial charge on any atom is -0.497 e. The smallest absolute Gasteiger partial charge is 0.244 e. The Morgan fingerprint density at radius 3 is 2.40 bits per heavy atom. The molecule has 0 spiro atoms. The van der Waals surface area contributed by atoms with E-state index in [0.717, 1.165) is 12.3 Å². The van der Waals surface area contributed by atoms with E-state index in [9.17, 15) is 0 Å². The second-order valence-corrected chi connectivity index (χ2v) is 4.94. The van der Waals surface area contributed by atoms with Gasteiger partial charge in [0.05, 0.1) is 20.7 Å². The van der Waals surface area contributed by atoms with Crippen LogP contribution in [-0.4, -0.2) is 11.7 Å². The molecule has 2 aromatic carbocycles. The maximum Gasteiger partial charge on any atom is 0.244 e. The Bertz CT molecular complexity index is 742. The Labute approximate surface area is 119 Å². The summed E-state index contributed by atoms with van der Waals surface area (Å²) < 4.78 is 9.63. The van der Waals surface area contributed by atoms with Gasteiger partial charge < -0.3 is 4.74 Å². The molecule has 0 saturated carbocycles. The number of aryl methyl sites for hydroxylation is 2. The maximum atomic E-state index is 5.20. The summed E-state index contributed by atoms with van der Waals surface area (Å²) in [5.41, 5.74) is 4.95. The van der Waals surface area contributed by atoms with Gasteiger partial charge in [-0.05, 0) is 48.4 Å². The Hall–Kier alpha value is -2.29. The topological polar surface area (TPSA) is 18.0 Å². The van der Waals surface area contributed by atoms with Crippen LogP contribution in [0, 0.1) is 0 Å². The van der Waals surface area contributed by atoms with Gasteiger partial charge in [-0.25, -0.2) is 9.13 Å². The van der Waals surface area contributed by atoms with Crippen LogP contribution in [-0.2, 0) is 13.6 Å². The van der Waals surface area contributed by atoms with Crippen LogP contribution in [0.1, 0.15) is 6.92 Å². The van der Waals surface area contributed by atoms with Gasteiger partial charge in [-0.1, -0.05) is 12.1 Å². The van der Waals surface area contributed by atoms with Crippen LogP contribution < -0.4 is 9.30 Å². The molecule has 0 fully saturated rings. The molecule has 0 N–H and O–H groups in total. The molecule has 1 heterocycles. The van der Waals surface area contributed by atoms with Crippen LogP contribution in [0.15, 0.2) is 48.8 Å². The molecule has 0 aliphatic carbocycles.